The first-order valence-electron chi connectivity index (χ1n) is 9.90. The van der Waals surface area contributed by atoms with Crippen LogP contribution in [0.4, 0.5) is 8.78 Å². The second kappa shape index (κ2) is 8.44. The van der Waals surface area contributed by atoms with Crippen LogP contribution in [0, 0.1) is 0 Å². The number of rotatable bonds is 5. The molecule has 32 heavy (non-hydrogen) atoms. The highest BCUT2D eigenvalue weighted by Gasteiger charge is 2.27. The average molecular weight is 475 g/mol. The van der Waals surface area contributed by atoms with Gasteiger partial charge in [0.25, 0.3) is 12.3 Å². The fourth-order valence-electron chi connectivity index (χ4n) is 3.74. The van der Waals surface area contributed by atoms with Gasteiger partial charge in [0.15, 0.2) is 0 Å². The topological polar surface area (TPSA) is 88.5 Å². The normalized spacial score (nSPS) is 15.7. The summed E-state index contributed by atoms with van der Waals surface area (Å²) in [7, 11) is 0. The summed E-state index contributed by atoms with van der Waals surface area (Å²) in [5.41, 5.74) is 1.95. The number of imidazole rings is 1. The smallest absolute Gasteiger partial charge is 0.282 e. The van der Waals surface area contributed by atoms with Gasteiger partial charge in [-0.25, -0.2) is 18.7 Å². The van der Waals surface area contributed by atoms with E-state index >= 15 is 0 Å². The molecule has 0 spiro atoms. The predicted molar refractivity (Wildman–Crippen MR) is 117 cm³/mol. The third-order valence-corrected chi connectivity index (χ3v) is 6.64. The lowest BCUT2D eigenvalue weighted by atomic mass is 10.1. The molecule has 5 rings (SSSR count). The number of aromatic amines is 1. The molecule has 1 aliphatic rings. The molecule has 7 nitrogen and oxygen atoms in total. The van der Waals surface area contributed by atoms with Crippen molar-refractivity contribution >= 4 is 28.8 Å². The van der Waals surface area contributed by atoms with E-state index in [4.69, 9.17) is 16.6 Å². The maximum atomic E-state index is 13.0. The van der Waals surface area contributed by atoms with Crippen LogP contribution in [0.15, 0.2) is 42.7 Å². The zero-order valence-corrected chi connectivity index (χ0v) is 18.1. The second-order valence-corrected chi connectivity index (χ2v) is 9.00. The maximum Gasteiger partial charge on any atom is 0.282 e. The molecule has 0 bridgehead atoms. The molecular weight excluding hydrogens is 458 g/mol. The summed E-state index contributed by atoms with van der Waals surface area (Å²) < 4.78 is 28.1. The van der Waals surface area contributed by atoms with Crippen LogP contribution in [0.5, 0.6) is 0 Å². The van der Waals surface area contributed by atoms with Crippen LogP contribution in [0.2, 0.25) is 4.34 Å². The van der Waals surface area contributed by atoms with Crippen molar-refractivity contribution in [3.63, 3.8) is 0 Å². The summed E-state index contributed by atoms with van der Waals surface area (Å²) in [6, 6.07) is 9.81. The molecule has 4 heterocycles. The van der Waals surface area contributed by atoms with Crippen LogP contribution in [0.25, 0.3) is 21.8 Å². The number of amides is 1. The first-order chi connectivity index (χ1) is 15.5. The summed E-state index contributed by atoms with van der Waals surface area (Å²) in [5.74, 6) is 0.522. The van der Waals surface area contributed by atoms with Gasteiger partial charge in [0.05, 0.1) is 17.5 Å². The molecule has 0 radical (unpaired) electrons. The summed E-state index contributed by atoms with van der Waals surface area (Å²) in [6.07, 6.45) is 1.96. The number of fused-ring (bicyclic) bond motifs is 1. The molecule has 2 N–H and O–H groups in total. The van der Waals surface area contributed by atoms with Crippen molar-refractivity contribution in [3.05, 3.63) is 64.3 Å². The summed E-state index contributed by atoms with van der Waals surface area (Å²) in [4.78, 5) is 21.5. The van der Waals surface area contributed by atoms with E-state index in [9.17, 15) is 13.6 Å². The Bertz CT molecular complexity index is 1270. The Balaban J connectivity index is 1.32. The molecule has 1 aliphatic heterocycles. The molecule has 0 aliphatic carbocycles. The van der Waals surface area contributed by atoms with E-state index in [1.54, 1.807) is 0 Å². The number of aryl methyl sites for hydroxylation is 1. The minimum atomic E-state index is -2.79. The van der Waals surface area contributed by atoms with Gasteiger partial charge in [0.1, 0.15) is 26.6 Å². The molecule has 4 aromatic rings. The van der Waals surface area contributed by atoms with Crippen LogP contribution < -0.4 is 5.32 Å². The number of carbonyl (C=O) groups excluding carboxylic acids is 1. The van der Waals surface area contributed by atoms with Crippen molar-refractivity contribution in [3.8, 4) is 21.8 Å². The number of carbonyl (C=O) groups is 1. The largest absolute Gasteiger partial charge is 0.347 e. The molecule has 164 valence electrons. The van der Waals surface area contributed by atoms with Gasteiger partial charge in [0, 0.05) is 30.8 Å². The van der Waals surface area contributed by atoms with Crippen molar-refractivity contribution in [1.82, 2.24) is 30.0 Å². The molecule has 1 amide bonds. The highest BCUT2D eigenvalue weighted by Crippen LogP contribution is 2.37. The predicted octanol–water partition coefficient (Wildman–Crippen LogP) is 4.73. The van der Waals surface area contributed by atoms with Crippen LogP contribution in [0.3, 0.4) is 0 Å². The van der Waals surface area contributed by atoms with Crippen LogP contribution >= 0.6 is 22.9 Å². The number of aromatic nitrogens is 5. The van der Waals surface area contributed by atoms with Gasteiger partial charge in [-0.15, -0.1) is 11.3 Å². The fraction of sp³-hybridized carbons (Fsp3) is 0.238. The molecular formula is C21H17ClF2N6OS. The van der Waals surface area contributed by atoms with Gasteiger partial charge in [-0.3, -0.25) is 9.89 Å². The van der Waals surface area contributed by atoms with Gasteiger partial charge in [-0.1, -0.05) is 41.9 Å². The molecule has 0 saturated carbocycles. The lowest BCUT2D eigenvalue weighted by Crippen LogP contribution is -2.40. The molecule has 3 aromatic heterocycles. The third kappa shape index (κ3) is 3.91. The first kappa shape index (κ1) is 20.8. The Hall–Kier alpha value is -3.11. The number of alkyl halides is 2. The SMILES string of the molecule is O=C(NC1CCn2cc(-c3ccccc3)nc2C1)c1[nH]ncc1-c1nc(C(F)F)c(Cl)s1. The minimum Gasteiger partial charge on any atom is -0.347 e. The maximum absolute atomic E-state index is 13.0. The molecule has 0 fully saturated rings. The average Bonchev–Trinajstić information content (AvgIpc) is 3.51. The van der Waals surface area contributed by atoms with Crippen molar-refractivity contribution in [2.75, 3.05) is 0 Å². The first-order valence-corrected chi connectivity index (χ1v) is 11.1. The van der Waals surface area contributed by atoms with Gasteiger partial charge < -0.3 is 9.88 Å². The van der Waals surface area contributed by atoms with Gasteiger partial charge in [-0.2, -0.15) is 5.10 Å². The van der Waals surface area contributed by atoms with Gasteiger partial charge >= 0.3 is 0 Å². The molecule has 1 unspecified atom stereocenters. The van der Waals surface area contributed by atoms with E-state index in [2.05, 4.69) is 25.1 Å². The van der Waals surface area contributed by atoms with Crippen molar-refractivity contribution in [2.24, 2.45) is 0 Å². The number of halogens is 3. The van der Waals surface area contributed by atoms with Crippen LogP contribution in [-0.2, 0) is 13.0 Å². The van der Waals surface area contributed by atoms with Gasteiger partial charge in [0.2, 0.25) is 0 Å². The number of nitrogens with one attached hydrogen (secondary N) is 2. The quantitative estimate of drug-likeness (QED) is 0.437. The third-order valence-electron chi connectivity index (χ3n) is 5.32. The van der Waals surface area contributed by atoms with Crippen LogP contribution in [-0.4, -0.2) is 36.7 Å². The highest BCUT2D eigenvalue weighted by atomic mass is 35.5. The number of hydrogen-bond acceptors (Lipinski definition) is 5. The molecule has 0 saturated heterocycles. The Kier molecular flexibility index (Phi) is 5.48. The Morgan fingerprint density at radius 2 is 2.09 bits per heavy atom. The molecule has 11 heteroatoms. The standard InChI is InChI=1S/C21H17ClF2N6OS/c22-18-17(19(23)24)28-21(32-18)13-9-25-29-16(13)20(31)26-12-6-7-30-10-14(27-15(30)8-12)11-4-2-1-3-5-11/h1-5,9-10,12,19H,6-8H2,(H,25,29)(H,26,31). The van der Waals surface area contributed by atoms with E-state index in [0.29, 0.717) is 12.0 Å². The second-order valence-electron chi connectivity index (χ2n) is 7.40. The molecule has 1 atom stereocenters. The summed E-state index contributed by atoms with van der Waals surface area (Å²) in [5, 5.41) is 9.77. The van der Waals surface area contributed by atoms with Crippen molar-refractivity contribution in [2.45, 2.75) is 31.9 Å². The zero-order valence-electron chi connectivity index (χ0n) is 16.6. The van der Waals surface area contributed by atoms with Crippen molar-refractivity contribution < 1.29 is 13.6 Å². The number of thiazole rings is 1. The lowest BCUT2D eigenvalue weighted by molar-refractivity contribution is 0.0926. The van der Waals surface area contributed by atoms with E-state index in [1.807, 2.05) is 36.5 Å². The highest BCUT2D eigenvalue weighted by molar-refractivity contribution is 7.19. The molecule has 1 aromatic carbocycles. The van der Waals surface area contributed by atoms with E-state index in [-0.39, 0.29) is 27.0 Å². The summed E-state index contributed by atoms with van der Waals surface area (Å²) in [6.45, 7) is 0.732. The van der Waals surface area contributed by atoms with Gasteiger partial charge in [-0.05, 0) is 6.42 Å². The lowest BCUT2D eigenvalue weighted by Gasteiger charge is -2.24. The number of H-pyrrole nitrogens is 1. The van der Waals surface area contributed by atoms with E-state index < -0.39 is 12.1 Å². The van der Waals surface area contributed by atoms with E-state index in [1.165, 1.54) is 6.20 Å². The zero-order chi connectivity index (χ0) is 22.2. The van der Waals surface area contributed by atoms with Crippen LogP contribution in [0.1, 0.15) is 34.9 Å². The Morgan fingerprint density at radius 1 is 1.28 bits per heavy atom. The fourth-order valence-corrected chi connectivity index (χ4v) is 4.90. The Morgan fingerprint density at radius 3 is 2.84 bits per heavy atom. The number of hydrogen-bond donors (Lipinski definition) is 2. The summed E-state index contributed by atoms with van der Waals surface area (Å²) >= 11 is 6.76. The monoisotopic (exact) mass is 474 g/mol. The van der Waals surface area contributed by atoms with Crippen molar-refractivity contribution in [1.29, 1.82) is 0 Å². The van der Waals surface area contributed by atoms with E-state index in [0.717, 1.165) is 41.4 Å². The number of benzene rings is 1. The minimum absolute atomic E-state index is 0.101. The Labute approximate surface area is 190 Å². The number of nitrogens with zero attached hydrogens (tertiary/aromatic N) is 4.